The van der Waals surface area contributed by atoms with Gasteiger partial charge in [-0.15, -0.1) is 0 Å². The Kier molecular flexibility index (Phi) is 7.94. The number of amides is 2. The Bertz CT molecular complexity index is 511. The first kappa shape index (κ1) is 18.5. The number of hydrazine groups is 1. The van der Waals surface area contributed by atoms with Gasteiger partial charge in [0.25, 0.3) is 11.8 Å². The Morgan fingerprint density at radius 3 is 2.64 bits per heavy atom. The topological polar surface area (TPSA) is 104 Å². The first-order valence-corrected chi connectivity index (χ1v) is 8.30. The lowest BCUT2D eigenvalue weighted by molar-refractivity contribution is -0.131. The SMILES string of the molecule is CCSCC[C@@H](N)C(O)C(=O)NNC(=O)c1ccccc1C. The Labute approximate surface area is 134 Å². The molecule has 5 N–H and O–H groups in total. The van der Waals surface area contributed by atoms with Crippen molar-refractivity contribution in [2.75, 3.05) is 11.5 Å². The summed E-state index contributed by atoms with van der Waals surface area (Å²) in [6, 6.07) is 6.35. The van der Waals surface area contributed by atoms with Gasteiger partial charge in [-0.3, -0.25) is 20.4 Å². The maximum absolute atomic E-state index is 11.9. The number of nitrogens with one attached hydrogen (secondary N) is 2. The van der Waals surface area contributed by atoms with E-state index >= 15 is 0 Å². The van der Waals surface area contributed by atoms with Crippen LogP contribution in [0.15, 0.2) is 24.3 Å². The average Bonchev–Trinajstić information content (AvgIpc) is 2.52. The zero-order valence-corrected chi connectivity index (χ0v) is 13.7. The number of aliphatic hydroxyl groups is 1. The maximum Gasteiger partial charge on any atom is 0.269 e. The number of carbonyl (C=O) groups excluding carboxylic acids is 2. The van der Waals surface area contributed by atoms with Crippen molar-refractivity contribution in [3.63, 3.8) is 0 Å². The van der Waals surface area contributed by atoms with Crippen LogP contribution in [0.4, 0.5) is 0 Å². The predicted molar refractivity (Wildman–Crippen MR) is 88.4 cm³/mol. The Morgan fingerprint density at radius 2 is 2.00 bits per heavy atom. The number of hydrogen-bond acceptors (Lipinski definition) is 5. The van der Waals surface area contributed by atoms with Crippen LogP contribution in [0.1, 0.15) is 29.3 Å². The molecular formula is C15H23N3O3S. The smallest absolute Gasteiger partial charge is 0.269 e. The lowest BCUT2D eigenvalue weighted by atomic mass is 10.1. The molecule has 1 unspecified atom stereocenters. The highest BCUT2D eigenvalue weighted by molar-refractivity contribution is 7.99. The van der Waals surface area contributed by atoms with E-state index in [4.69, 9.17) is 5.73 Å². The highest BCUT2D eigenvalue weighted by Gasteiger charge is 2.23. The predicted octanol–water partition coefficient (Wildman–Crippen LogP) is 0.587. The van der Waals surface area contributed by atoms with E-state index in [-0.39, 0.29) is 0 Å². The minimum Gasteiger partial charge on any atom is -0.382 e. The molecule has 7 heteroatoms. The number of carbonyl (C=O) groups is 2. The fraction of sp³-hybridized carbons (Fsp3) is 0.467. The molecule has 0 radical (unpaired) electrons. The zero-order chi connectivity index (χ0) is 16.5. The molecule has 0 aliphatic rings. The van der Waals surface area contributed by atoms with Crippen LogP contribution in [0, 0.1) is 6.92 Å². The van der Waals surface area contributed by atoms with E-state index in [1.807, 2.05) is 13.0 Å². The number of benzene rings is 1. The molecule has 2 atom stereocenters. The van der Waals surface area contributed by atoms with E-state index in [1.54, 1.807) is 36.9 Å². The molecule has 1 aromatic rings. The molecule has 0 fully saturated rings. The van der Waals surface area contributed by atoms with E-state index in [0.29, 0.717) is 12.0 Å². The lowest BCUT2D eigenvalue weighted by Gasteiger charge is -2.18. The van der Waals surface area contributed by atoms with Gasteiger partial charge in [0.05, 0.1) is 0 Å². The molecular weight excluding hydrogens is 302 g/mol. The van der Waals surface area contributed by atoms with E-state index in [9.17, 15) is 14.7 Å². The summed E-state index contributed by atoms with van der Waals surface area (Å²) in [5, 5.41) is 9.83. The van der Waals surface area contributed by atoms with Gasteiger partial charge in [0.1, 0.15) is 6.10 Å². The summed E-state index contributed by atoms with van der Waals surface area (Å²) in [5.41, 5.74) is 11.5. The summed E-state index contributed by atoms with van der Waals surface area (Å²) in [4.78, 5) is 23.7. The summed E-state index contributed by atoms with van der Waals surface area (Å²) in [6.07, 6.45) is -0.826. The largest absolute Gasteiger partial charge is 0.382 e. The van der Waals surface area contributed by atoms with Crippen molar-refractivity contribution < 1.29 is 14.7 Å². The molecule has 0 bridgehead atoms. The molecule has 1 aromatic carbocycles. The van der Waals surface area contributed by atoms with Crippen molar-refractivity contribution in [2.45, 2.75) is 32.4 Å². The Morgan fingerprint density at radius 1 is 1.32 bits per heavy atom. The molecule has 0 aliphatic carbocycles. The second-order valence-electron chi connectivity index (χ2n) is 4.85. The van der Waals surface area contributed by atoms with E-state index in [1.165, 1.54) is 0 Å². The van der Waals surface area contributed by atoms with Gasteiger partial charge >= 0.3 is 0 Å². The normalized spacial score (nSPS) is 13.3. The summed E-state index contributed by atoms with van der Waals surface area (Å²) in [5.74, 6) is 0.587. The van der Waals surface area contributed by atoms with Crippen molar-refractivity contribution in [3.05, 3.63) is 35.4 Å². The van der Waals surface area contributed by atoms with Crippen LogP contribution in [-0.4, -0.2) is 40.6 Å². The molecule has 22 heavy (non-hydrogen) atoms. The van der Waals surface area contributed by atoms with Gasteiger partial charge in [0.15, 0.2) is 0 Å². The minimum atomic E-state index is -1.35. The third kappa shape index (κ3) is 5.67. The number of aryl methyl sites for hydroxylation is 1. The van der Waals surface area contributed by atoms with Gasteiger partial charge in [-0.25, -0.2) is 0 Å². The van der Waals surface area contributed by atoms with Crippen LogP contribution < -0.4 is 16.6 Å². The van der Waals surface area contributed by atoms with Crippen molar-refractivity contribution in [3.8, 4) is 0 Å². The quantitative estimate of drug-likeness (QED) is 0.434. The standard InChI is InChI=1S/C15H23N3O3S/c1-3-22-9-8-12(16)13(19)15(21)18-17-14(20)11-7-5-4-6-10(11)2/h4-7,12-13,19H,3,8-9,16H2,1-2H3,(H,17,20)(H,18,21)/t12-,13?/m1/s1. The van der Waals surface area contributed by atoms with Gasteiger partial charge in [-0.05, 0) is 36.5 Å². The van der Waals surface area contributed by atoms with E-state index < -0.39 is 24.0 Å². The second kappa shape index (κ2) is 9.45. The molecule has 0 aliphatic heterocycles. The van der Waals surface area contributed by atoms with Crippen molar-refractivity contribution >= 4 is 23.6 Å². The summed E-state index contributed by atoms with van der Waals surface area (Å²) in [7, 11) is 0. The monoisotopic (exact) mass is 325 g/mol. The number of rotatable bonds is 7. The van der Waals surface area contributed by atoms with E-state index in [2.05, 4.69) is 10.9 Å². The Hall–Kier alpha value is -1.57. The first-order chi connectivity index (χ1) is 10.5. The van der Waals surface area contributed by atoms with Crippen LogP contribution in [0.2, 0.25) is 0 Å². The highest BCUT2D eigenvalue weighted by Crippen LogP contribution is 2.07. The Balaban J connectivity index is 2.45. The van der Waals surface area contributed by atoms with E-state index in [0.717, 1.165) is 17.1 Å². The van der Waals surface area contributed by atoms with Gasteiger partial charge in [-0.1, -0.05) is 25.1 Å². The molecule has 1 rings (SSSR count). The molecule has 0 saturated heterocycles. The molecule has 2 amide bonds. The van der Waals surface area contributed by atoms with Crippen LogP contribution in [0.5, 0.6) is 0 Å². The second-order valence-corrected chi connectivity index (χ2v) is 6.25. The molecule has 0 aromatic heterocycles. The highest BCUT2D eigenvalue weighted by atomic mass is 32.2. The average molecular weight is 325 g/mol. The fourth-order valence-corrected chi connectivity index (χ4v) is 2.53. The molecule has 0 heterocycles. The fourth-order valence-electron chi connectivity index (χ4n) is 1.80. The van der Waals surface area contributed by atoms with Gasteiger partial charge in [-0.2, -0.15) is 11.8 Å². The van der Waals surface area contributed by atoms with Crippen LogP contribution >= 0.6 is 11.8 Å². The van der Waals surface area contributed by atoms with Crippen LogP contribution in [0.3, 0.4) is 0 Å². The number of aliphatic hydroxyl groups excluding tert-OH is 1. The molecule has 0 spiro atoms. The number of nitrogens with two attached hydrogens (primary N) is 1. The third-order valence-corrected chi connectivity index (χ3v) is 4.10. The summed E-state index contributed by atoms with van der Waals surface area (Å²) < 4.78 is 0. The van der Waals surface area contributed by atoms with Crippen LogP contribution in [0.25, 0.3) is 0 Å². The number of thioether (sulfide) groups is 1. The minimum absolute atomic E-state index is 0.436. The summed E-state index contributed by atoms with van der Waals surface area (Å²) >= 11 is 1.69. The van der Waals surface area contributed by atoms with Gasteiger partial charge < -0.3 is 10.8 Å². The van der Waals surface area contributed by atoms with Crippen molar-refractivity contribution in [2.24, 2.45) is 5.73 Å². The van der Waals surface area contributed by atoms with Crippen LogP contribution in [-0.2, 0) is 4.79 Å². The zero-order valence-electron chi connectivity index (χ0n) is 12.8. The maximum atomic E-state index is 11.9. The van der Waals surface area contributed by atoms with Gasteiger partial charge in [0, 0.05) is 11.6 Å². The molecule has 6 nitrogen and oxygen atoms in total. The summed E-state index contributed by atoms with van der Waals surface area (Å²) in [6.45, 7) is 3.83. The third-order valence-electron chi connectivity index (χ3n) is 3.16. The lowest BCUT2D eigenvalue weighted by Crippen LogP contribution is -2.52. The van der Waals surface area contributed by atoms with Crippen molar-refractivity contribution in [1.29, 1.82) is 0 Å². The molecule has 0 saturated carbocycles. The number of hydrogen-bond donors (Lipinski definition) is 4. The van der Waals surface area contributed by atoms with Gasteiger partial charge in [0.2, 0.25) is 0 Å². The molecule has 122 valence electrons. The van der Waals surface area contributed by atoms with Crippen molar-refractivity contribution in [1.82, 2.24) is 10.9 Å². The first-order valence-electron chi connectivity index (χ1n) is 7.14.